The van der Waals surface area contributed by atoms with Crippen molar-refractivity contribution in [2.45, 2.75) is 30.6 Å². The van der Waals surface area contributed by atoms with Crippen LogP contribution in [0.3, 0.4) is 0 Å². The minimum atomic E-state index is -3.35. The Kier molecular flexibility index (Phi) is 4.37. The first kappa shape index (κ1) is 16.1. The van der Waals surface area contributed by atoms with E-state index in [1.807, 2.05) is 12.1 Å². The van der Waals surface area contributed by atoms with Crippen LogP contribution in [-0.4, -0.2) is 52.1 Å². The zero-order valence-corrected chi connectivity index (χ0v) is 14.7. The zero-order chi connectivity index (χ0) is 16.6. The summed E-state index contributed by atoms with van der Waals surface area (Å²) in [5.41, 5.74) is 3.61. The van der Waals surface area contributed by atoms with E-state index in [1.165, 1.54) is 11.1 Å². The summed E-state index contributed by atoms with van der Waals surface area (Å²) in [6, 6.07) is 5.64. The van der Waals surface area contributed by atoms with Crippen molar-refractivity contribution in [1.29, 1.82) is 0 Å². The van der Waals surface area contributed by atoms with Crippen molar-refractivity contribution in [1.82, 2.24) is 4.31 Å². The summed E-state index contributed by atoms with van der Waals surface area (Å²) < 4.78 is 32.8. The highest BCUT2D eigenvalue weighted by Gasteiger charge is 2.29. The number of nitrogens with zero attached hydrogens (tertiary/aromatic N) is 2. The average molecular weight is 348 g/mol. The van der Waals surface area contributed by atoms with Crippen molar-refractivity contribution >= 4 is 15.7 Å². The van der Waals surface area contributed by atoms with Gasteiger partial charge in [0, 0.05) is 31.9 Å². The van der Waals surface area contributed by atoms with Gasteiger partial charge in [0.1, 0.15) is 0 Å². The molecule has 0 unspecified atom stereocenters. The fourth-order valence-electron chi connectivity index (χ4n) is 3.79. The molecule has 3 aliphatic rings. The molecule has 5 nitrogen and oxygen atoms in total. The van der Waals surface area contributed by atoms with Crippen molar-refractivity contribution < 1.29 is 13.2 Å². The fourth-order valence-corrected chi connectivity index (χ4v) is 5.33. The molecular formula is C18H24N2O3S. The quantitative estimate of drug-likeness (QED) is 0.783. The summed E-state index contributed by atoms with van der Waals surface area (Å²) in [5, 5.41) is 0. The van der Waals surface area contributed by atoms with Gasteiger partial charge < -0.3 is 9.64 Å². The first-order valence-corrected chi connectivity index (χ1v) is 10.2. The third-order valence-electron chi connectivity index (χ3n) is 5.13. The molecular weight excluding hydrogens is 324 g/mol. The molecule has 130 valence electrons. The van der Waals surface area contributed by atoms with Gasteiger partial charge in [0.15, 0.2) is 0 Å². The van der Waals surface area contributed by atoms with Crippen LogP contribution in [0.15, 0.2) is 34.7 Å². The molecule has 1 saturated heterocycles. The molecule has 6 heteroatoms. The molecule has 0 bridgehead atoms. The average Bonchev–Trinajstić information content (AvgIpc) is 3.26. The zero-order valence-electron chi connectivity index (χ0n) is 13.9. The van der Waals surface area contributed by atoms with Crippen LogP contribution in [0.1, 0.15) is 24.8 Å². The number of fused-ring (bicyclic) bond motifs is 1. The van der Waals surface area contributed by atoms with Gasteiger partial charge >= 0.3 is 0 Å². The predicted octanol–water partition coefficient (Wildman–Crippen LogP) is 2.18. The highest BCUT2D eigenvalue weighted by Crippen LogP contribution is 2.32. The van der Waals surface area contributed by atoms with Gasteiger partial charge in [-0.3, -0.25) is 0 Å². The second-order valence-corrected chi connectivity index (χ2v) is 8.71. The highest BCUT2D eigenvalue weighted by atomic mass is 32.2. The maximum absolute atomic E-state index is 12.8. The molecule has 0 saturated carbocycles. The lowest BCUT2D eigenvalue weighted by atomic mass is 10.1. The topological polar surface area (TPSA) is 49.9 Å². The number of ether oxygens (including phenoxy) is 1. The van der Waals surface area contributed by atoms with Crippen LogP contribution in [0.2, 0.25) is 0 Å². The van der Waals surface area contributed by atoms with Gasteiger partial charge in [0.05, 0.1) is 18.1 Å². The lowest BCUT2D eigenvalue weighted by molar-refractivity contribution is 0.149. The molecule has 0 amide bonds. The molecule has 1 aromatic carbocycles. The second kappa shape index (κ2) is 6.50. The van der Waals surface area contributed by atoms with Crippen molar-refractivity contribution in [3.63, 3.8) is 0 Å². The molecule has 3 aliphatic heterocycles. The monoisotopic (exact) mass is 348 g/mol. The van der Waals surface area contributed by atoms with Gasteiger partial charge in [-0.2, -0.15) is 4.31 Å². The van der Waals surface area contributed by atoms with Crippen molar-refractivity contribution in [2.24, 2.45) is 0 Å². The minimum Gasteiger partial charge on any atom is -0.377 e. The Balaban J connectivity index is 1.60. The van der Waals surface area contributed by atoms with Gasteiger partial charge in [-0.1, -0.05) is 12.1 Å². The molecule has 3 heterocycles. The van der Waals surface area contributed by atoms with Crippen LogP contribution in [0, 0.1) is 0 Å². The van der Waals surface area contributed by atoms with Crippen LogP contribution in [0.5, 0.6) is 0 Å². The lowest BCUT2D eigenvalue weighted by Gasteiger charge is -2.24. The third-order valence-corrected chi connectivity index (χ3v) is 7.02. The molecule has 1 fully saturated rings. The van der Waals surface area contributed by atoms with E-state index in [9.17, 15) is 8.42 Å². The van der Waals surface area contributed by atoms with Crippen LogP contribution in [0.25, 0.3) is 0 Å². The number of rotatable bonds is 4. The standard InChI is InChI=1S/C18H24N2O3S/c21-24(22,20-8-1-2-9-20)17-6-5-16-7-10-19(18(16)12-17)13-15-4-3-11-23-14-15/h4-6,12H,1-3,7-11,13-14H2. The normalized spacial score (nSPS) is 21.8. The fraction of sp³-hybridized carbons (Fsp3) is 0.556. The molecule has 0 aliphatic carbocycles. The minimum absolute atomic E-state index is 0.434. The number of hydrogen-bond acceptors (Lipinski definition) is 4. The Labute approximate surface area is 143 Å². The second-order valence-electron chi connectivity index (χ2n) is 6.78. The number of hydrogen-bond donors (Lipinski definition) is 0. The molecule has 0 radical (unpaired) electrons. The number of sulfonamides is 1. The maximum atomic E-state index is 12.8. The summed E-state index contributed by atoms with van der Waals surface area (Å²) >= 11 is 0. The van der Waals surface area contributed by atoms with E-state index in [1.54, 1.807) is 10.4 Å². The van der Waals surface area contributed by atoms with Crippen molar-refractivity contribution in [3.8, 4) is 0 Å². The Morgan fingerprint density at radius 3 is 2.71 bits per heavy atom. The first-order chi connectivity index (χ1) is 11.6. The van der Waals surface area contributed by atoms with Gasteiger partial charge in [0.25, 0.3) is 0 Å². The van der Waals surface area contributed by atoms with E-state index < -0.39 is 10.0 Å². The van der Waals surface area contributed by atoms with E-state index >= 15 is 0 Å². The molecule has 0 spiro atoms. The first-order valence-electron chi connectivity index (χ1n) is 8.78. The van der Waals surface area contributed by atoms with Gasteiger partial charge in [-0.05, 0) is 49.0 Å². The van der Waals surface area contributed by atoms with Crippen molar-refractivity contribution in [3.05, 3.63) is 35.4 Å². The van der Waals surface area contributed by atoms with Crippen LogP contribution >= 0.6 is 0 Å². The van der Waals surface area contributed by atoms with Crippen molar-refractivity contribution in [2.75, 3.05) is 44.3 Å². The smallest absolute Gasteiger partial charge is 0.243 e. The van der Waals surface area contributed by atoms with E-state index in [-0.39, 0.29) is 0 Å². The summed E-state index contributed by atoms with van der Waals surface area (Å²) in [6.45, 7) is 4.57. The summed E-state index contributed by atoms with van der Waals surface area (Å²) in [5.74, 6) is 0. The van der Waals surface area contributed by atoms with E-state index in [2.05, 4.69) is 11.0 Å². The summed E-state index contributed by atoms with van der Waals surface area (Å²) in [4.78, 5) is 2.72. The lowest BCUT2D eigenvalue weighted by Crippen LogP contribution is -2.28. The molecule has 4 rings (SSSR count). The number of anilines is 1. The van der Waals surface area contributed by atoms with E-state index in [4.69, 9.17) is 4.74 Å². The molecule has 0 aromatic heterocycles. The van der Waals surface area contributed by atoms with E-state index in [0.29, 0.717) is 24.6 Å². The van der Waals surface area contributed by atoms with Crippen LogP contribution in [0.4, 0.5) is 5.69 Å². The van der Waals surface area contributed by atoms with Gasteiger partial charge in [-0.15, -0.1) is 0 Å². The molecule has 1 aromatic rings. The van der Waals surface area contributed by atoms with Gasteiger partial charge in [0.2, 0.25) is 10.0 Å². The maximum Gasteiger partial charge on any atom is 0.243 e. The predicted molar refractivity (Wildman–Crippen MR) is 93.9 cm³/mol. The third kappa shape index (κ3) is 2.98. The Bertz CT molecular complexity index is 752. The Morgan fingerprint density at radius 2 is 1.96 bits per heavy atom. The summed E-state index contributed by atoms with van der Waals surface area (Å²) in [7, 11) is -3.35. The largest absolute Gasteiger partial charge is 0.377 e. The highest BCUT2D eigenvalue weighted by molar-refractivity contribution is 7.89. The van der Waals surface area contributed by atoms with Crippen LogP contribution in [-0.2, 0) is 21.2 Å². The van der Waals surface area contributed by atoms with E-state index in [0.717, 1.165) is 51.1 Å². The molecule has 0 N–H and O–H groups in total. The summed E-state index contributed by atoms with van der Waals surface area (Å²) in [6.07, 6.45) is 6.13. The van der Waals surface area contributed by atoms with Crippen LogP contribution < -0.4 is 4.90 Å². The SMILES string of the molecule is O=S(=O)(c1ccc2c(c1)N(CC1=CCCOC1)CC2)N1CCCC1. The molecule has 24 heavy (non-hydrogen) atoms. The number of benzene rings is 1. The Morgan fingerprint density at radius 1 is 1.12 bits per heavy atom. The van der Waals surface area contributed by atoms with Gasteiger partial charge in [-0.25, -0.2) is 8.42 Å². The Hall–Kier alpha value is -1.37. The molecule has 0 atom stereocenters.